The second-order valence-corrected chi connectivity index (χ2v) is 6.63. The molecule has 1 aromatic carbocycles. The highest BCUT2D eigenvalue weighted by Gasteiger charge is 2.41. The Labute approximate surface area is 156 Å². The number of benzene rings is 1. The van der Waals surface area contributed by atoms with E-state index in [1.165, 1.54) is 12.4 Å². The van der Waals surface area contributed by atoms with Gasteiger partial charge in [0.1, 0.15) is 23.7 Å². The van der Waals surface area contributed by atoms with Crippen molar-refractivity contribution in [3.05, 3.63) is 53.7 Å². The second-order valence-electron chi connectivity index (χ2n) is 6.63. The van der Waals surface area contributed by atoms with Gasteiger partial charge in [0, 0.05) is 44.1 Å². The third-order valence-electron chi connectivity index (χ3n) is 4.93. The lowest BCUT2D eigenvalue weighted by Crippen LogP contribution is -2.47. The second kappa shape index (κ2) is 7.58. The molecule has 142 valence electrons. The first kappa shape index (κ1) is 17.8. The summed E-state index contributed by atoms with van der Waals surface area (Å²) in [4.78, 5) is 22.7. The van der Waals surface area contributed by atoms with Gasteiger partial charge in [-0.05, 0) is 6.07 Å². The molecule has 8 heteroatoms. The summed E-state index contributed by atoms with van der Waals surface area (Å²) in [6.45, 7) is 2.60. The number of nitrogens with one attached hydrogen (secondary N) is 1. The minimum atomic E-state index is -0.519. The molecule has 0 radical (unpaired) electrons. The molecule has 27 heavy (non-hydrogen) atoms. The Kier molecular flexibility index (Phi) is 5.00. The summed E-state index contributed by atoms with van der Waals surface area (Å²) in [6.07, 6.45) is 2.65. The predicted octanol–water partition coefficient (Wildman–Crippen LogP) is 2.21. The fourth-order valence-electron chi connectivity index (χ4n) is 3.40. The summed E-state index contributed by atoms with van der Waals surface area (Å²) in [5, 5.41) is 3.04. The molecule has 2 aromatic rings. The first-order valence-electron chi connectivity index (χ1n) is 9.02. The Morgan fingerprint density at radius 1 is 1.19 bits per heavy atom. The molecule has 1 aromatic heterocycles. The van der Waals surface area contributed by atoms with Crippen LogP contribution in [0.4, 0.5) is 10.2 Å². The molecule has 1 N–H and O–H groups in total. The van der Waals surface area contributed by atoms with Crippen LogP contribution in [0, 0.1) is 5.82 Å². The summed E-state index contributed by atoms with van der Waals surface area (Å²) < 4.78 is 25.1. The Morgan fingerprint density at radius 2 is 1.93 bits per heavy atom. The average molecular weight is 372 g/mol. The number of rotatable bonds is 4. The highest BCUT2D eigenvalue weighted by Crippen LogP contribution is 2.31. The molecule has 0 bridgehead atoms. The standard InChI is InChI=1S/C19H21FN4O3/c20-15-4-2-1-3-14(15)12-21-17-11-16(22-13-23-17)18(25)24-7-5-19(6-8-24)26-9-10-27-19/h1-4,11,13H,5-10,12H2,(H,21,22,23). The maximum atomic E-state index is 13.7. The quantitative estimate of drug-likeness (QED) is 0.887. The lowest BCUT2D eigenvalue weighted by atomic mass is 10.0. The number of aromatic nitrogens is 2. The molecule has 2 fully saturated rings. The molecule has 0 saturated carbocycles. The number of piperidine rings is 1. The van der Waals surface area contributed by atoms with Crippen LogP contribution in [-0.2, 0) is 16.0 Å². The van der Waals surface area contributed by atoms with Gasteiger partial charge in [-0.1, -0.05) is 18.2 Å². The molecule has 1 amide bonds. The fraction of sp³-hybridized carbons (Fsp3) is 0.421. The number of anilines is 1. The minimum Gasteiger partial charge on any atom is -0.366 e. The number of hydrogen-bond donors (Lipinski definition) is 1. The van der Waals surface area contributed by atoms with Crippen LogP contribution in [-0.4, -0.2) is 52.9 Å². The topological polar surface area (TPSA) is 76.6 Å². The van der Waals surface area contributed by atoms with E-state index in [0.717, 1.165) is 0 Å². The molecule has 0 atom stereocenters. The van der Waals surface area contributed by atoms with Gasteiger partial charge >= 0.3 is 0 Å². The summed E-state index contributed by atoms with van der Waals surface area (Å²) in [6, 6.07) is 8.12. The fourth-order valence-corrected chi connectivity index (χ4v) is 3.40. The highest BCUT2D eigenvalue weighted by atomic mass is 19.1. The van der Waals surface area contributed by atoms with Gasteiger partial charge in [0.05, 0.1) is 13.2 Å². The van der Waals surface area contributed by atoms with Gasteiger partial charge in [-0.25, -0.2) is 14.4 Å². The zero-order valence-corrected chi connectivity index (χ0v) is 14.9. The van der Waals surface area contributed by atoms with Gasteiger partial charge in [0.25, 0.3) is 5.91 Å². The number of carbonyl (C=O) groups is 1. The van der Waals surface area contributed by atoms with Crippen LogP contribution >= 0.6 is 0 Å². The third-order valence-corrected chi connectivity index (χ3v) is 4.93. The van der Waals surface area contributed by atoms with Gasteiger partial charge in [-0.2, -0.15) is 0 Å². The van der Waals surface area contributed by atoms with Crippen LogP contribution in [0.2, 0.25) is 0 Å². The lowest BCUT2D eigenvalue weighted by molar-refractivity contribution is -0.181. The van der Waals surface area contributed by atoms with Gasteiger partial charge in [0.15, 0.2) is 5.79 Å². The van der Waals surface area contributed by atoms with Crippen molar-refractivity contribution in [3.8, 4) is 0 Å². The van der Waals surface area contributed by atoms with Crippen LogP contribution < -0.4 is 5.32 Å². The summed E-state index contributed by atoms with van der Waals surface area (Å²) in [5.74, 6) is -0.477. The van der Waals surface area contributed by atoms with Gasteiger partial charge < -0.3 is 19.7 Å². The Balaban J connectivity index is 1.38. The van der Waals surface area contributed by atoms with Crippen molar-refractivity contribution in [2.45, 2.75) is 25.2 Å². The number of nitrogens with zero attached hydrogens (tertiary/aromatic N) is 3. The summed E-state index contributed by atoms with van der Waals surface area (Å²) in [7, 11) is 0. The monoisotopic (exact) mass is 372 g/mol. The molecule has 0 aliphatic carbocycles. The maximum Gasteiger partial charge on any atom is 0.272 e. The van der Waals surface area contributed by atoms with Crippen LogP contribution in [0.15, 0.2) is 36.7 Å². The highest BCUT2D eigenvalue weighted by molar-refractivity contribution is 5.93. The Morgan fingerprint density at radius 3 is 2.67 bits per heavy atom. The third kappa shape index (κ3) is 3.91. The molecule has 2 saturated heterocycles. The van der Waals surface area contributed by atoms with Crippen LogP contribution in [0.25, 0.3) is 0 Å². The molecule has 2 aliphatic rings. The van der Waals surface area contributed by atoms with Crippen LogP contribution in [0.5, 0.6) is 0 Å². The summed E-state index contributed by atoms with van der Waals surface area (Å²) >= 11 is 0. The number of ether oxygens (including phenoxy) is 2. The first-order chi connectivity index (χ1) is 13.2. The molecule has 0 unspecified atom stereocenters. The summed E-state index contributed by atoms with van der Waals surface area (Å²) in [5.41, 5.74) is 0.840. The van der Waals surface area contributed by atoms with Crippen molar-refractivity contribution in [2.24, 2.45) is 0 Å². The van der Waals surface area contributed by atoms with E-state index in [9.17, 15) is 9.18 Å². The average Bonchev–Trinajstić information content (AvgIpc) is 3.16. The largest absolute Gasteiger partial charge is 0.366 e. The number of amides is 1. The number of carbonyl (C=O) groups excluding carboxylic acids is 1. The van der Waals surface area contributed by atoms with Gasteiger partial charge in [-0.15, -0.1) is 0 Å². The van der Waals surface area contributed by atoms with E-state index in [0.29, 0.717) is 56.2 Å². The minimum absolute atomic E-state index is 0.154. The molecular weight excluding hydrogens is 351 g/mol. The molecule has 7 nitrogen and oxygen atoms in total. The SMILES string of the molecule is O=C(c1cc(NCc2ccccc2F)ncn1)N1CCC2(CC1)OCCO2. The van der Waals surface area contributed by atoms with Crippen molar-refractivity contribution < 1.29 is 18.7 Å². The molecule has 1 spiro atoms. The maximum absolute atomic E-state index is 13.7. The molecule has 3 heterocycles. The number of halogens is 1. The van der Waals surface area contributed by atoms with Crippen molar-refractivity contribution in [1.82, 2.24) is 14.9 Å². The molecule has 4 rings (SSSR count). The predicted molar refractivity (Wildman–Crippen MR) is 95.5 cm³/mol. The van der Waals surface area contributed by atoms with Crippen molar-refractivity contribution >= 4 is 11.7 Å². The zero-order valence-electron chi connectivity index (χ0n) is 14.9. The van der Waals surface area contributed by atoms with E-state index < -0.39 is 5.79 Å². The molecular formula is C19H21FN4O3. The normalized spacial score (nSPS) is 18.6. The Hall–Kier alpha value is -2.58. The van der Waals surface area contributed by atoms with Crippen molar-refractivity contribution in [2.75, 3.05) is 31.6 Å². The van der Waals surface area contributed by atoms with Crippen molar-refractivity contribution in [3.63, 3.8) is 0 Å². The van der Waals surface area contributed by atoms with Crippen molar-refractivity contribution in [1.29, 1.82) is 0 Å². The first-order valence-corrected chi connectivity index (χ1v) is 9.02. The van der Waals surface area contributed by atoms with E-state index in [1.807, 2.05) is 0 Å². The van der Waals surface area contributed by atoms with E-state index in [4.69, 9.17) is 9.47 Å². The number of likely N-dealkylation sites (tertiary alicyclic amines) is 1. The van der Waals surface area contributed by atoms with E-state index in [-0.39, 0.29) is 18.3 Å². The smallest absolute Gasteiger partial charge is 0.272 e. The van der Waals surface area contributed by atoms with E-state index >= 15 is 0 Å². The van der Waals surface area contributed by atoms with E-state index in [2.05, 4.69) is 15.3 Å². The van der Waals surface area contributed by atoms with E-state index in [1.54, 1.807) is 29.2 Å². The van der Waals surface area contributed by atoms with Crippen LogP contribution in [0.3, 0.4) is 0 Å². The zero-order chi connectivity index (χ0) is 18.7. The van der Waals surface area contributed by atoms with Crippen LogP contribution in [0.1, 0.15) is 28.9 Å². The van der Waals surface area contributed by atoms with Gasteiger partial charge in [0.2, 0.25) is 0 Å². The lowest BCUT2D eigenvalue weighted by Gasteiger charge is -2.37. The Bertz CT molecular complexity index is 816. The van der Waals surface area contributed by atoms with Gasteiger partial charge in [-0.3, -0.25) is 4.79 Å². The molecule has 2 aliphatic heterocycles. The number of hydrogen-bond acceptors (Lipinski definition) is 6.